The average molecular weight is 412 g/mol. The van der Waals surface area contributed by atoms with Gasteiger partial charge >= 0.3 is 6.01 Å². The Labute approximate surface area is 179 Å². The van der Waals surface area contributed by atoms with Gasteiger partial charge in [0, 0.05) is 31.7 Å². The van der Waals surface area contributed by atoms with E-state index < -0.39 is 5.60 Å². The Morgan fingerprint density at radius 2 is 1.93 bits per heavy atom. The molecule has 1 saturated carbocycles. The summed E-state index contributed by atoms with van der Waals surface area (Å²) in [5.41, 5.74) is 2.40. The van der Waals surface area contributed by atoms with Crippen molar-refractivity contribution in [1.82, 2.24) is 14.9 Å². The number of hydrogen-bond donors (Lipinski definition) is 1. The van der Waals surface area contributed by atoms with Crippen molar-refractivity contribution in [1.29, 1.82) is 0 Å². The van der Waals surface area contributed by atoms with Gasteiger partial charge in [-0.2, -0.15) is 4.98 Å². The molecule has 162 valence electrons. The second kappa shape index (κ2) is 8.52. The van der Waals surface area contributed by atoms with E-state index in [0.29, 0.717) is 29.7 Å². The zero-order valence-corrected chi connectivity index (χ0v) is 18.5. The second-order valence-electron chi connectivity index (χ2n) is 9.05. The fraction of sp³-hybridized carbons (Fsp3) is 0.583. The highest BCUT2D eigenvalue weighted by atomic mass is 16.5. The number of aliphatic hydroxyl groups is 1. The van der Waals surface area contributed by atoms with Gasteiger partial charge in [-0.1, -0.05) is 38.1 Å². The topological polar surface area (TPSA) is 67.7 Å². The van der Waals surface area contributed by atoms with Crippen LogP contribution in [0, 0.1) is 11.8 Å². The number of rotatable bonds is 6. The predicted molar refractivity (Wildman–Crippen MR) is 116 cm³/mol. The Morgan fingerprint density at radius 3 is 2.60 bits per heavy atom. The van der Waals surface area contributed by atoms with Crippen molar-refractivity contribution in [2.75, 3.05) is 27.3 Å². The van der Waals surface area contributed by atoms with Crippen molar-refractivity contribution < 1.29 is 14.6 Å². The molecule has 1 aliphatic carbocycles. The highest BCUT2D eigenvalue weighted by molar-refractivity contribution is 5.33. The highest BCUT2D eigenvalue weighted by Gasteiger charge is 2.51. The maximum Gasteiger partial charge on any atom is 0.319 e. The molecule has 1 aromatic carbocycles. The molecule has 2 aromatic rings. The van der Waals surface area contributed by atoms with Crippen molar-refractivity contribution in [2.24, 2.45) is 11.8 Å². The van der Waals surface area contributed by atoms with Gasteiger partial charge in [-0.05, 0) is 42.2 Å². The zero-order chi connectivity index (χ0) is 21.3. The summed E-state index contributed by atoms with van der Waals surface area (Å²) in [6, 6.07) is 9.20. The lowest BCUT2D eigenvalue weighted by Crippen LogP contribution is -2.43. The number of aromatic nitrogens is 2. The van der Waals surface area contributed by atoms with Crippen LogP contribution in [0.5, 0.6) is 11.9 Å². The van der Waals surface area contributed by atoms with Crippen LogP contribution in [0.2, 0.25) is 0 Å². The van der Waals surface area contributed by atoms with Gasteiger partial charge in [0.05, 0.1) is 19.8 Å². The third-order valence-electron chi connectivity index (χ3n) is 6.89. The van der Waals surface area contributed by atoms with Gasteiger partial charge in [0.25, 0.3) is 0 Å². The Balaban J connectivity index is 1.54. The number of likely N-dealkylation sites (tertiary alicyclic amines) is 1. The van der Waals surface area contributed by atoms with E-state index in [0.717, 1.165) is 32.5 Å². The van der Waals surface area contributed by atoms with Gasteiger partial charge in [-0.3, -0.25) is 4.90 Å². The van der Waals surface area contributed by atoms with Gasteiger partial charge in [-0.25, -0.2) is 4.98 Å². The predicted octanol–water partition coefficient (Wildman–Crippen LogP) is 3.74. The number of benzene rings is 1. The summed E-state index contributed by atoms with van der Waals surface area (Å²) in [5.74, 6) is 1.57. The number of fused-ring (bicyclic) bond motifs is 1. The SMILES string of the molecule is COc1ncc([C@]2(O)CCC[C@H]3CN(Cc4ccc(C(C)C)cc4)C[C@@H]32)c(OC)n1. The van der Waals surface area contributed by atoms with E-state index in [-0.39, 0.29) is 11.9 Å². The van der Waals surface area contributed by atoms with E-state index in [1.165, 1.54) is 18.2 Å². The van der Waals surface area contributed by atoms with E-state index in [2.05, 4.69) is 53.0 Å². The molecule has 3 atom stereocenters. The van der Waals surface area contributed by atoms with Crippen LogP contribution in [0.4, 0.5) is 0 Å². The molecule has 1 aromatic heterocycles. The van der Waals surface area contributed by atoms with Gasteiger partial charge in [0.15, 0.2) is 0 Å². The molecular weight excluding hydrogens is 378 g/mol. The normalized spacial score (nSPS) is 26.6. The molecular formula is C24H33N3O3. The molecule has 30 heavy (non-hydrogen) atoms. The molecule has 6 heteroatoms. The molecule has 2 fully saturated rings. The molecule has 6 nitrogen and oxygen atoms in total. The number of methoxy groups -OCH3 is 2. The number of ether oxygens (including phenoxy) is 2. The Kier molecular flexibility index (Phi) is 5.98. The van der Waals surface area contributed by atoms with E-state index in [1.54, 1.807) is 13.3 Å². The maximum atomic E-state index is 11.8. The number of nitrogens with zero attached hydrogens (tertiary/aromatic N) is 3. The summed E-state index contributed by atoms with van der Waals surface area (Å²) in [6.07, 6.45) is 4.52. The monoisotopic (exact) mass is 411 g/mol. The Morgan fingerprint density at radius 1 is 1.17 bits per heavy atom. The van der Waals surface area contributed by atoms with Crippen LogP contribution in [0.25, 0.3) is 0 Å². The third-order valence-corrected chi connectivity index (χ3v) is 6.89. The van der Waals surface area contributed by atoms with Crippen molar-refractivity contribution in [3.05, 3.63) is 47.2 Å². The van der Waals surface area contributed by atoms with Gasteiger partial charge in [0.2, 0.25) is 5.88 Å². The molecule has 4 rings (SSSR count). The molecule has 0 amide bonds. The zero-order valence-electron chi connectivity index (χ0n) is 18.5. The molecule has 0 spiro atoms. The minimum Gasteiger partial charge on any atom is -0.481 e. The van der Waals surface area contributed by atoms with Crippen molar-refractivity contribution in [2.45, 2.75) is 51.2 Å². The standard InChI is InChI=1S/C24H33N3O3/c1-16(2)18-9-7-17(8-10-18)13-27-14-19-6-5-11-24(28,21(19)15-27)20-12-25-23(30-4)26-22(20)29-3/h7-10,12,16,19,21,28H,5-6,11,13-15H2,1-4H3/t19-,21-,24+/m0/s1. The lowest BCUT2D eigenvalue weighted by Gasteiger charge is -2.41. The molecule has 0 radical (unpaired) electrons. The quantitative estimate of drug-likeness (QED) is 0.781. The van der Waals surface area contributed by atoms with Crippen LogP contribution in [0.15, 0.2) is 30.5 Å². The maximum absolute atomic E-state index is 11.8. The van der Waals surface area contributed by atoms with Crippen LogP contribution in [0.1, 0.15) is 55.7 Å². The van der Waals surface area contributed by atoms with Crippen molar-refractivity contribution in [3.8, 4) is 11.9 Å². The largest absolute Gasteiger partial charge is 0.481 e. The Bertz CT molecular complexity index is 870. The van der Waals surface area contributed by atoms with Crippen LogP contribution in [-0.2, 0) is 12.1 Å². The van der Waals surface area contributed by atoms with E-state index in [1.807, 2.05) is 0 Å². The average Bonchev–Trinajstić information content (AvgIpc) is 3.17. The minimum atomic E-state index is -0.975. The molecule has 0 bridgehead atoms. The summed E-state index contributed by atoms with van der Waals surface area (Å²) < 4.78 is 10.6. The van der Waals surface area contributed by atoms with Crippen LogP contribution >= 0.6 is 0 Å². The van der Waals surface area contributed by atoms with Gasteiger partial charge < -0.3 is 14.6 Å². The summed E-state index contributed by atoms with van der Waals surface area (Å²) in [4.78, 5) is 11.1. The van der Waals surface area contributed by atoms with Gasteiger partial charge in [0.1, 0.15) is 5.60 Å². The minimum absolute atomic E-state index is 0.145. The first-order valence-electron chi connectivity index (χ1n) is 10.9. The first-order chi connectivity index (χ1) is 14.4. The fourth-order valence-electron chi connectivity index (χ4n) is 5.24. The van der Waals surface area contributed by atoms with Crippen molar-refractivity contribution >= 4 is 0 Å². The highest BCUT2D eigenvalue weighted by Crippen LogP contribution is 2.50. The molecule has 0 unspecified atom stereocenters. The van der Waals surface area contributed by atoms with Gasteiger partial charge in [-0.15, -0.1) is 0 Å². The summed E-state index contributed by atoms with van der Waals surface area (Å²) >= 11 is 0. The van der Waals surface area contributed by atoms with Crippen LogP contribution < -0.4 is 9.47 Å². The number of hydrogen-bond acceptors (Lipinski definition) is 6. The molecule has 2 heterocycles. The summed E-state index contributed by atoms with van der Waals surface area (Å²) in [5, 5.41) is 11.8. The lowest BCUT2D eigenvalue weighted by molar-refractivity contribution is -0.0669. The second-order valence-corrected chi connectivity index (χ2v) is 9.05. The first kappa shape index (κ1) is 21.1. The van der Waals surface area contributed by atoms with E-state index in [9.17, 15) is 5.11 Å². The molecule has 1 N–H and O–H groups in total. The fourth-order valence-corrected chi connectivity index (χ4v) is 5.24. The molecule has 2 aliphatic rings. The van der Waals surface area contributed by atoms with Crippen LogP contribution in [0.3, 0.4) is 0 Å². The molecule has 1 aliphatic heterocycles. The summed E-state index contributed by atoms with van der Waals surface area (Å²) in [7, 11) is 3.11. The smallest absolute Gasteiger partial charge is 0.319 e. The Hall–Kier alpha value is -2.18. The van der Waals surface area contributed by atoms with E-state index in [4.69, 9.17) is 9.47 Å². The molecule has 1 saturated heterocycles. The van der Waals surface area contributed by atoms with Crippen molar-refractivity contribution in [3.63, 3.8) is 0 Å². The lowest BCUT2D eigenvalue weighted by atomic mass is 9.68. The third kappa shape index (κ3) is 3.91. The van der Waals surface area contributed by atoms with E-state index >= 15 is 0 Å². The van der Waals surface area contributed by atoms with Crippen LogP contribution in [-0.4, -0.2) is 47.3 Å². The summed E-state index contributed by atoms with van der Waals surface area (Å²) in [6.45, 7) is 7.23. The first-order valence-corrected chi connectivity index (χ1v) is 10.9.